The van der Waals surface area contributed by atoms with Crippen LogP contribution in [0.4, 0.5) is 0 Å². The summed E-state index contributed by atoms with van der Waals surface area (Å²) < 4.78 is 0. The molecule has 0 fully saturated rings. The van der Waals surface area contributed by atoms with E-state index in [1.54, 1.807) is 16.7 Å². The minimum atomic E-state index is 0.476. The molecule has 0 heteroatoms. The first-order valence-electron chi connectivity index (χ1n) is 8.50. The van der Waals surface area contributed by atoms with Gasteiger partial charge in [-0.3, -0.25) is 0 Å². The van der Waals surface area contributed by atoms with Gasteiger partial charge in [0.2, 0.25) is 0 Å². The third-order valence-corrected chi connectivity index (χ3v) is 6.56. The van der Waals surface area contributed by atoms with E-state index in [4.69, 9.17) is 0 Å². The van der Waals surface area contributed by atoms with Crippen LogP contribution in [0, 0.1) is 29.1 Å². The van der Waals surface area contributed by atoms with Crippen LogP contribution in [-0.2, 0) is 12.8 Å². The van der Waals surface area contributed by atoms with Gasteiger partial charge in [-0.2, -0.15) is 0 Å². The number of benzene rings is 1. The smallest absolute Gasteiger partial charge is 0.00579 e. The van der Waals surface area contributed by atoms with Gasteiger partial charge in [0, 0.05) is 0 Å². The van der Waals surface area contributed by atoms with Crippen LogP contribution in [0.1, 0.15) is 64.2 Å². The monoisotopic (exact) mass is 270 g/mol. The largest absolute Gasteiger partial charge is 0.0625 e. The van der Waals surface area contributed by atoms with Crippen molar-refractivity contribution in [2.24, 2.45) is 29.1 Å². The van der Waals surface area contributed by atoms with Crippen LogP contribution in [0.25, 0.3) is 0 Å². The van der Waals surface area contributed by atoms with Crippen LogP contribution in [0.2, 0.25) is 0 Å². The Morgan fingerprint density at radius 3 is 2.10 bits per heavy atom. The molecular weight excluding hydrogens is 240 g/mol. The summed E-state index contributed by atoms with van der Waals surface area (Å²) in [6.07, 6.45) is 2.62. The SMILES string of the molecule is CC(C)C1Cc2cccc3c2C1C(C(C)C)(C(C)C)C3. The zero-order valence-corrected chi connectivity index (χ0v) is 14.0. The molecular formula is C20H30. The normalized spacial score (nSPS) is 26.9. The minimum Gasteiger partial charge on any atom is -0.0625 e. The highest BCUT2D eigenvalue weighted by Gasteiger charge is 2.56. The Morgan fingerprint density at radius 1 is 0.950 bits per heavy atom. The molecule has 3 rings (SSSR count). The van der Waals surface area contributed by atoms with E-state index in [-0.39, 0.29) is 0 Å². The molecule has 1 aromatic rings. The van der Waals surface area contributed by atoms with Crippen molar-refractivity contribution in [3.05, 3.63) is 34.9 Å². The van der Waals surface area contributed by atoms with Crippen LogP contribution in [0.5, 0.6) is 0 Å². The van der Waals surface area contributed by atoms with E-state index >= 15 is 0 Å². The first-order chi connectivity index (χ1) is 9.39. The Bertz CT molecular complexity index is 499. The molecule has 0 amide bonds. The number of hydrogen-bond donors (Lipinski definition) is 0. The van der Waals surface area contributed by atoms with E-state index in [2.05, 4.69) is 59.7 Å². The molecule has 0 bridgehead atoms. The van der Waals surface area contributed by atoms with Gasteiger partial charge in [0.1, 0.15) is 0 Å². The Morgan fingerprint density at radius 2 is 1.55 bits per heavy atom. The summed E-state index contributed by atoms with van der Waals surface area (Å²) in [5.74, 6) is 3.95. The highest BCUT2D eigenvalue weighted by atomic mass is 14.6. The molecule has 0 radical (unpaired) electrons. The van der Waals surface area contributed by atoms with Crippen molar-refractivity contribution in [1.82, 2.24) is 0 Å². The van der Waals surface area contributed by atoms with Crippen molar-refractivity contribution < 1.29 is 0 Å². The minimum absolute atomic E-state index is 0.476. The zero-order chi connectivity index (χ0) is 14.7. The topological polar surface area (TPSA) is 0 Å². The van der Waals surface area contributed by atoms with Crippen LogP contribution >= 0.6 is 0 Å². The summed E-state index contributed by atoms with van der Waals surface area (Å²) in [4.78, 5) is 0. The summed E-state index contributed by atoms with van der Waals surface area (Å²) in [6, 6.07) is 7.09. The van der Waals surface area contributed by atoms with Crippen molar-refractivity contribution in [3.63, 3.8) is 0 Å². The lowest BCUT2D eigenvalue weighted by Crippen LogP contribution is -2.40. The fourth-order valence-electron chi connectivity index (χ4n) is 5.50. The van der Waals surface area contributed by atoms with Gasteiger partial charge in [-0.15, -0.1) is 0 Å². The number of hydrogen-bond acceptors (Lipinski definition) is 0. The maximum Gasteiger partial charge on any atom is -0.00579 e. The van der Waals surface area contributed by atoms with E-state index in [0.717, 1.165) is 29.6 Å². The fourth-order valence-corrected chi connectivity index (χ4v) is 5.50. The molecule has 0 saturated carbocycles. The molecule has 2 aliphatic carbocycles. The molecule has 0 N–H and O–H groups in total. The predicted octanol–water partition coefficient (Wildman–Crippen LogP) is 5.45. The summed E-state index contributed by atoms with van der Waals surface area (Å²) in [6.45, 7) is 14.7. The predicted molar refractivity (Wildman–Crippen MR) is 87.0 cm³/mol. The van der Waals surface area contributed by atoms with E-state index in [1.165, 1.54) is 12.8 Å². The standard InChI is InChI=1S/C20H30/c1-12(2)17-10-15-8-7-9-16-11-20(13(3)4,14(5)6)19(17)18(15)16/h7-9,12-14,17,19H,10-11H2,1-6H3. The second kappa shape index (κ2) is 4.61. The second-order valence-electron chi connectivity index (χ2n) is 8.18. The van der Waals surface area contributed by atoms with E-state index in [0.29, 0.717) is 5.41 Å². The molecule has 20 heavy (non-hydrogen) atoms. The van der Waals surface area contributed by atoms with Crippen molar-refractivity contribution in [2.75, 3.05) is 0 Å². The third kappa shape index (κ3) is 1.66. The number of rotatable bonds is 3. The molecule has 0 aliphatic heterocycles. The summed E-state index contributed by atoms with van der Waals surface area (Å²) in [5.41, 5.74) is 5.56. The van der Waals surface area contributed by atoms with Gasteiger partial charge >= 0.3 is 0 Å². The van der Waals surface area contributed by atoms with Crippen molar-refractivity contribution >= 4 is 0 Å². The molecule has 0 nitrogen and oxygen atoms in total. The van der Waals surface area contributed by atoms with E-state index < -0.39 is 0 Å². The lowest BCUT2D eigenvalue weighted by molar-refractivity contribution is 0.0519. The summed E-state index contributed by atoms with van der Waals surface area (Å²) >= 11 is 0. The Kier molecular flexibility index (Phi) is 3.27. The molecule has 110 valence electrons. The van der Waals surface area contributed by atoms with Gasteiger partial charge in [0.05, 0.1) is 0 Å². The van der Waals surface area contributed by atoms with E-state index in [1.807, 2.05) is 0 Å². The average Bonchev–Trinajstić information content (AvgIpc) is 2.91. The van der Waals surface area contributed by atoms with E-state index in [9.17, 15) is 0 Å². The molecule has 0 aromatic heterocycles. The lowest BCUT2D eigenvalue weighted by Gasteiger charge is -2.46. The van der Waals surface area contributed by atoms with Crippen molar-refractivity contribution in [3.8, 4) is 0 Å². The van der Waals surface area contributed by atoms with Gasteiger partial charge in [-0.05, 0) is 64.5 Å². The molecule has 0 spiro atoms. The Labute approximate surface area is 125 Å². The fraction of sp³-hybridized carbons (Fsp3) is 0.700. The molecule has 2 aliphatic rings. The van der Waals surface area contributed by atoms with Crippen LogP contribution < -0.4 is 0 Å². The van der Waals surface area contributed by atoms with Gasteiger partial charge in [0.15, 0.2) is 0 Å². The van der Waals surface area contributed by atoms with Gasteiger partial charge in [0.25, 0.3) is 0 Å². The van der Waals surface area contributed by atoms with Gasteiger partial charge in [-0.25, -0.2) is 0 Å². The zero-order valence-electron chi connectivity index (χ0n) is 14.0. The molecule has 2 unspecified atom stereocenters. The Balaban J connectivity index is 2.19. The molecule has 0 heterocycles. The molecule has 0 saturated heterocycles. The highest BCUT2D eigenvalue weighted by molar-refractivity contribution is 5.49. The highest BCUT2D eigenvalue weighted by Crippen LogP contribution is 2.63. The quantitative estimate of drug-likeness (QED) is 0.685. The van der Waals surface area contributed by atoms with Crippen molar-refractivity contribution in [2.45, 2.75) is 60.3 Å². The average molecular weight is 270 g/mol. The summed E-state index contributed by atoms with van der Waals surface area (Å²) in [7, 11) is 0. The van der Waals surface area contributed by atoms with Crippen LogP contribution in [0.15, 0.2) is 18.2 Å². The van der Waals surface area contributed by atoms with Crippen molar-refractivity contribution in [1.29, 1.82) is 0 Å². The molecule has 1 aromatic carbocycles. The first kappa shape index (κ1) is 14.2. The Hall–Kier alpha value is -0.780. The molecule has 2 atom stereocenters. The summed E-state index contributed by atoms with van der Waals surface area (Å²) in [5, 5.41) is 0. The first-order valence-corrected chi connectivity index (χ1v) is 8.50. The lowest BCUT2D eigenvalue weighted by atomic mass is 9.58. The third-order valence-electron chi connectivity index (χ3n) is 6.56. The van der Waals surface area contributed by atoms with Crippen LogP contribution in [0.3, 0.4) is 0 Å². The maximum absolute atomic E-state index is 2.46. The van der Waals surface area contributed by atoms with Crippen LogP contribution in [-0.4, -0.2) is 0 Å². The van der Waals surface area contributed by atoms with Gasteiger partial charge < -0.3 is 0 Å². The maximum atomic E-state index is 2.46. The second-order valence-corrected chi connectivity index (χ2v) is 8.18. The van der Waals surface area contributed by atoms with Gasteiger partial charge in [-0.1, -0.05) is 59.7 Å².